The Kier molecular flexibility index (Phi) is 4.37. The van der Waals surface area contributed by atoms with Crippen molar-refractivity contribution in [3.63, 3.8) is 0 Å². The molecule has 3 rings (SSSR count). The Balaban J connectivity index is 1.87. The summed E-state index contributed by atoms with van der Waals surface area (Å²) in [6.45, 7) is 2.23. The van der Waals surface area contributed by atoms with E-state index in [0.29, 0.717) is 19.6 Å². The number of hydrogen-bond acceptors (Lipinski definition) is 6. The Morgan fingerprint density at radius 1 is 1.29 bits per heavy atom. The largest absolute Gasteiger partial charge is 0.464 e. The zero-order valence-electron chi connectivity index (χ0n) is 13.6. The highest BCUT2D eigenvalue weighted by Crippen LogP contribution is 2.23. The second-order valence-corrected chi connectivity index (χ2v) is 7.70. The van der Waals surface area contributed by atoms with E-state index in [1.165, 1.54) is 35.2 Å². The van der Waals surface area contributed by atoms with Gasteiger partial charge < -0.3 is 14.6 Å². The summed E-state index contributed by atoms with van der Waals surface area (Å²) in [6.07, 6.45) is 0. The Labute approximate surface area is 140 Å². The molecule has 10 heteroatoms. The lowest BCUT2D eigenvalue weighted by atomic mass is 10.1. The van der Waals surface area contributed by atoms with Gasteiger partial charge in [-0.2, -0.15) is 4.31 Å². The summed E-state index contributed by atoms with van der Waals surface area (Å²) in [4.78, 5) is 25.7. The number of hydrogen-bond donors (Lipinski definition) is 1. The smallest absolute Gasteiger partial charge is 0.354 e. The summed E-state index contributed by atoms with van der Waals surface area (Å²) >= 11 is 0. The number of amides is 1. The molecular formula is C14H20N4O5S. The van der Waals surface area contributed by atoms with Gasteiger partial charge in [-0.1, -0.05) is 0 Å². The second kappa shape index (κ2) is 6.19. The quantitative estimate of drug-likeness (QED) is 0.670. The lowest BCUT2D eigenvalue weighted by molar-refractivity contribution is -0.130. The number of carbonyl (C=O) groups is 2. The molecule has 2 aliphatic heterocycles. The highest BCUT2D eigenvalue weighted by Gasteiger charge is 2.40. The number of nitrogens with one attached hydrogen (secondary N) is 1. The van der Waals surface area contributed by atoms with Crippen LogP contribution in [-0.4, -0.2) is 79.9 Å². The molecule has 0 saturated carbocycles. The van der Waals surface area contributed by atoms with Crippen LogP contribution in [0.3, 0.4) is 0 Å². The van der Waals surface area contributed by atoms with Gasteiger partial charge in [-0.15, -0.1) is 0 Å². The van der Waals surface area contributed by atoms with Crippen LogP contribution >= 0.6 is 0 Å². The number of piperazine rings is 2. The third-order valence-electron chi connectivity index (χ3n) is 4.53. The SMILES string of the molecule is COC(=O)c1ccc(S(=O)(=O)N2CCN3CCNC(=O)C3C2)n1C. The van der Waals surface area contributed by atoms with Crippen LogP contribution in [0.25, 0.3) is 0 Å². The summed E-state index contributed by atoms with van der Waals surface area (Å²) in [6, 6.07) is 2.33. The van der Waals surface area contributed by atoms with Gasteiger partial charge in [0.05, 0.1) is 7.11 Å². The number of aromatic nitrogens is 1. The minimum absolute atomic E-state index is 0.00701. The molecule has 9 nitrogen and oxygen atoms in total. The van der Waals surface area contributed by atoms with Crippen LogP contribution in [0.2, 0.25) is 0 Å². The van der Waals surface area contributed by atoms with Gasteiger partial charge >= 0.3 is 5.97 Å². The van der Waals surface area contributed by atoms with Crippen LogP contribution in [-0.2, 0) is 26.6 Å². The van der Waals surface area contributed by atoms with Crippen molar-refractivity contribution in [1.29, 1.82) is 0 Å². The van der Waals surface area contributed by atoms with Crippen molar-refractivity contribution in [2.45, 2.75) is 11.1 Å². The molecule has 2 fully saturated rings. The minimum atomic E-state index is -3.81. The average Bonchev–Trinajstić information content (AvgIpc) is 2.96. The second-order valence-electron chi connectivity index (χ2n) is 5.81. The van der Waals surface area contributed by atoms with Crippen LogP contribution in [0, 0.1) is 0 Å². The first-order chi connectivity index (χ1) is 11.4. The van der Waals surface area contributed by atoms with Crippen molar-refractivity contribution in [1.82, 2.24) is 19.1 Å². The fraction of sp³-hybridized carbons (Fsp3) is 0.571. The number of rotatable bonds is 3. The standard InChI is InChI=1S/C14H20N4O5S/c1-16-10(14(20)23-2)3-4-12(16)24(21,22)18-8-7-17-6-5-15-13(19)11(17)9-18/h3-4,11H,5-9H2,1-2H3,(H,15,19). The Morgan fingerprint density at radius 2 is 2.04 bits per heavy atom. The molecule has 1 atom stereocenters. The van der Waals surface area contributed by atoms with Crippen LogP contribution in [0.5, 0.6) is 0 Å². The van der Waals surface area contributed by atoms with E-state index in [1.807, 2.05) is 4.90 Å². The summed E-state index contributed by atoms with van der Waals surface area (Å²) in [5.74, 6) is -0.751. The maximum Gasteiger partial charge on any atom is 0.354 e. The number of esters is 1. The lowest BCUT2D eigenvalue weighted by Gasteiger charge is -2.42. The minimum Gasteiger partial charge on any atom is -0.464 e. The first kappa shape index (κ1) is 16.9. The number of nitrogens with zero attached hydrogens (tertiary/aromatic N) is 3. The van der Waals surface area contributed by atoms with E-state index in [-0.39, 0.29) is 23.2 Å². The summed E-state index contributed by atoms with van der Waals surface area (Å²) in [5.41, 5.74) is 0.158. The third kappa shape index (κ3) is 2.70. The maximum absolute atomic E-state index is 12.9. The van der Waals surface area contributed by atoms with Crippen molar-refractivity contribution in [2.24, 2.45) is 7.05 Å². The molecule has 1 N–H and O–H groups in total. The van der Waals surface area contributed by atoms with Gasteiger partial charge in [-0.05, 0) is 12.1 Å². The molecule has 1 amide bonds. The molecular weight excluding hydrogens is 336 g/mol. The number of ether oxygens (including phenoxy) is 1. The van der Waals surface area contributed by atoms with Gasteiger partial charge in [0.15, 0.2) is 5.03 Å². The molecule has 1 aromatic rings. The van der Waals surface area contributed by atoms with Crippen LogP contribution in [0.1, 0.15) is 10.5 Å². The van der Waals surface area contributed by atoms with Crippen molar-refractivity contribution in [3.8, 4) is 0 Å². The third-order valence-corrected chi connectivity index (χ3v) is 6.48. The first-order valence-corrected chi connectivity index (χ1v) is 9.06. The predicted octanol–water partition coefficient (Wildman–Crippen LogP) is -1.38. The van der Waals surface area contributed by atoms with E-state index in [9.17, 15) is 18.0 Å². The molecule has 2 saturated heterocycles. The van der Waals surface area contributed by atoms with Gasteiger partial charge in [-0.25, -0.2) is 13.2 Å². The Bertz CT molecular complexity index is 772. The van der Waals surface area contributed by atoms with Gasteiger partial charge in [0.2, 0.25) is 5.91 Å². The molecule has 2 aliphatic rings. The summed E-state index contributed by atoms with van der Waals surface area (Å²) in [5, 5.41) is 2.77. The van der Waals surface area contributed by atoms with E-state index in [2.05, 4.69) is 10.1 Å². The highest BCUT2D eigenvalue weighted by atomic mass is 32.2. The fourth-order valence-corrected chi connectivity index (χ4v) is 4.77. The number of sulfonamides is 1. The van der Waals surface area contributed by atoms with Crippen molar-refractivity contribution in [2.75, 3.05) is 39.8 Å². The van der Waals surface area contributed by atoms with E-state index in [1.54, 1.807) is 0 Å². The monoisotopic (exact) mass is 356 g/mol. The molecule has 0 aromatic carbocycles. The lowest BCUT2D eigenvalue weighted by Crippen LogP contribution is -2.64. The summed E-state index contributed by atoms with van der Waals surface area (Å²) < 4.78 is 33.1. The molecule has 0 aliphatic carbocycles. The Morgan fingerprint density at radius 3 is 2.75 bits per heavy atom. The molecule has 24 heavy (non-hydrogen) atoms. The number of carbonyl (C=O) groups excluding carboxylic acids is 2. The molecule has 132 valence electrons. The normalized spacial score (nSPS) is 22.8. The fourth-order valence-electron chi connectivity index (χ4n) is 3.16. The number of fused-ring (bicyclic) bond motifs is 1. The molecule has 1 unspecified atom stereocenters. The van der Waals surface area contributed by atoms with Gasteiger partial charge in [0, 0.05) is 39.8 Å². The van der Waals surface area contributed by atoms with Crippen molar-refractivity contribution in [3.05, 3.63) is 17.8 Å². The van der Waals surface area contributed by atoms with E-state index >= 15 is 0 Å². The molecule has 0 radical (unpaired) electrons. The molecule has 0 spiro atoms. The van der Waals surface area contributed by atoms with Gasteiger partial charge in [0.25, 0.3) is 10.0 Å². The van der Waals surface area contributed by atoms with Gasteiger partial charge in [0.1, 0.15) is 11.7 Å². The maximum atomic E-state index is 12.9. The van der Waals surface area contributed by atoms with Crippen molar-refractivity contribution < 1.29 is 22.7 Å². The van der Waals surface area contributed by atoms with E-state index < -0.39 is 22.0 Å². The first-order valence-electron chi connectivity index (χ1n) is 7.62. The number of methoxy groups -OCH3 is 1. The average molecular weight is 356 g/mol. The molecule has 1 aromatic heterocycles. The molecule has 0 bridgehead atoms. The predicted molar refractivity (Wildman–Crippen MR) is 83.9 cm³/mol. The summed E-state index contributed by atoms with van der Waals surface area (Å²) in [7, 11) is -1.06. The van der Waals surface area contributed by atoms with Crippen molar-refractivity contribution >= 4 is 21.9 Å². The zero-order valence-corrected chi connectivity index (χ0v) is 14.4. The topological polar surface area (TPSA) is 101 Å². The van der Waals surface area contributed by atoms with Crippen LogP contribution in [0.4, 0.5) is 0 Å². The molecule has 3 heterocycles. The van der Waals surface area contributed by atoms with E-state index in [4.69, 9.17) is 0 Å². The highest BCUT2D eigenvalue weighted by molar-refractivity contribution is 7.89. The van der Waals surface area contributed by atoms with Crippen LogP contribution in [0.15, 0.2) is 17.2 Å². The zero-order chi connectivity index (χ0) is 17.5. The van der Waals surface area contributed by atoms with E-state index in [0.717, 1.165) is 6.54 Å². The van der Waals surface area contributed by atoms with Gasteiger partial charge in [-0.3, -0.25) is 9.69 Å². The van der Waals surface area contributed by atoms with Crippen LogP contribution < -0.4 is 5.32 Å². The Hall–Kier alpha value is -1.91.